The molecule has 1 heterocycles. The zero-order valence-corrected chi connectivity index (χ0v) is 14.8. The quantitative estimate of drug-likeness (QED) is 0.602. The molecule has 0 amide bonds. The topological polar surface area (TPSA) is 76.9 Å². The summed E-state index contributed by atoms with van der Waals surface area (Å²) in [5, 5.41) is 9.77. The third-order valence-electron chi connectivity index (χ3n) is 4.14. The Balaban J connectivity index is 1.61. The first-order valence-corrected chi connectivity index (χ1v) is 9.47. The Bertz CT molecular complexity index is 1180. The average molecular weight is 364 g/mol. The number of rotatable bonds is 4. The predicted molar refractivity (Wildman–Crippen MR) is 101 cm³/mol. The molecule has 0 saturated heterocycles. The van der Waals surface area contributed by atoms with Gasteiger partial charge in [0.2, 0.25) is 0 Å². The van der Waals surface area contributed by atoms with Crippen molar-refractivity contribution in [3.8, 4) is 11.4 Å². The number of nitrogens with zero attached hydrogens (tertiary/aromatic N) is 3. The predicted octanol–water partition coefficient (Wildman–Crippen LogP) is 3.44. The first kappa shape index (κ1) is 16.3. The minimum atomic E-state index is -3.66. The third-order valence-corrected chi connectivity index (χ3v) is 5.52. The van der Waals surface area contributed by atoms with Crippen molar-refractivity contribution in [2.45, 2.75) is 4.90 Å². The molecule has 0 radical (unpaired) electrons. The van der Waals surface area contributed by atoms with E-state index in [9.17, 15) is 8.42 Å². The lowest BCUT2D eigenvalue weighted by Crippen LogP contribution is -2.12. The molecule has 0 aliphatic rings. The standard InChI is InChI=1S/C19H16N4O2S/c1-23-13-20-21-19(23)15-6-9-17(10-7-15)22-26(24,25)18-11-8-14-4-2-3-5-16(14)12-18/h2-13,22H,1H3. The van der Waals surface area contributed by atoms with Crippen molar-refractivity contribution in [1.82, 2.24) is 14.8 Å². The summed E-state index contributed by atoms with van der Waals surface area (Å²) < 4.78 is 29.8. The van der Waals surface area contributed by atoms with Crippen molar-refractivity contribution in [3.05, 3.63) is 73.1 Å². The van der Waals surface area contributed by atoms with E-state index in [2.05, 4.69) is 14.9 Å². The van der Waals surface area contributed by atoms with Crippen LogP contribution < -0.4 is 4.72 Å². The number of aromatic nitrogens is 3. The fraction of sp³-hybridized carbons (Fsp3) is 0.0526. The minimum absolute atomic E-state index is 0.230. The molecule has 4 aromatic rings. The Hall–Kier alpha value is -3.19. The highest BCUT2D eigenvalue weighted by Crippen LogP contribution is 2.23. The van der Waals surface area contributed by atoms with Crippen LogP contribution >= 0.6 is 0 Å². The number of aryl methyl sites for hydroxylation is 1. The van der Waals surface area contributed by atoms with Crippen molar-refractivity contribution in [3.63, 3.8) is 0 Å². The van der Waals surface area contributed by atoms with E-state index >= 15 is 0 Å². The molecule has 0 atom stereocenters. The molecule has 0 aliphatic heterocycles. The van der Waals surface area contributed by atoms with Gasteiger partial charge in [-0.2, -0.15) is 0 Å². The molecule has 0 spiro atoms. The Morgan fingerprint density at radius 2 is 1.65 bits per heavy atom. The van der Waals surface area contributed by atoms with E-state index in [1.54, 1.807) is 41.2 Å². The maximum atomic E-state index is 12.7. The van der Waals surface area contributed by atoms with Crippen molar-refractivity contribution in [1.29, 1.82) is 0 Å². The summed E-state index contributed by atoms with van der Waals surface area (Å²) in [6, 6.07) is 19.8. The maximum absolute atomic E-state index is 12.7. The highest BCUT2D eigenvalue weighted by atomic mass is 32.2. The summed E-state index contributed by atoms with van der Waals surface area (Å²) in [6.07, 6.45) is 1.62. The van der Waals surface area contributed by atoms with E-state index in [1.165, 1.54) is 0 Å². The van der Waals surface area contributed by atoms with Crippen LogP contribution in [0.2, 0.25) is 0 Å². The zero-order valence-electron chi connectivity index (χ0n) is 14.0. The van der Waals surface area contributed by atoms with E-state index < -0.39 is 10.0 Å². The number of hydrogen-bond acceptors (Lipinski definition) is 4. The second kappa shape index (κ2) is 6.27. The lowest BCUT2D eigenvalue weighted by atomic mass is 10.1. The van der Waals surface area contributed by atoms with E-state index in [0.29, 0.717) is 11.5 Å². The molecule has 3 aromatic carbocycles. The van der Waals surface area contributed by atoms with Gasteiger partial charge in [0, 0.05) is 18.3 Å². The fourth-order valence-electron chi connectivity index (χ4n) is 2.78. The highest BCUT2D eigenvalue weighted by Gasteiger charge is 2.15. The Morgan fingerprint density at radius 1 is 0.923 bits per heavy atom. The van der Waals surface area contributed by atoms with E-state index in [-0.39, 0.29) is 4.90 Å². The van der Waals surface area contributed by atoms with Crippen molar-refractivity contribution >= 4 is 26.5 Å². The van der Waals surface area contributed by atoms with Crippen LogP contribution in [0.3, 0.4) is 0 Å². The molecule has 1 aromatic heterocycles. The Morgan fingerprint density at radius 3 is 2.35 bits per heavy atom. The van der Waals surface area contributed by atoms with Gasteiger partial charge in [0.1, 0.15) is 6.33 Å². The molecule has 0 unspecified atom stereocenters. The van der Waals surface area contributed by atoms with Gasteiger partial charge < -0.3 is 4.57 Å². The average Bonchev–Trinajstić information content (AvgIpc) is 3.07. The normalized spacial score (nSPS) is 11.6. The van der Waals surface area contributed by atoms with Crippen LogP contribution in [0.25, 0.3) is 22.2 Å². The molecule has 0 bridgehead atoms. The lowest BCUT2D eigenvalue weighted by Gasteiger charge is -2.10. The van der Waals surface area contributed by atoms with Gasteiger partial charge in [-0.25, -0.2) is 8.42 Å². The van der Waals surface area contributed by atoms with Crippen molar-refractivity contribution in [2.75, 3.05) is 4.72 Å². The van der Waals surface area contributed by atoms with Gasteiger partial charge >= 0.3 is 0 Å². The number of nitrogens with one attached hydrogen (secondary N) is 1. The molecule has 7 heteroatoms. The van der Waals surface area contributed by atoms with Crippen LogP contribution in [-0.4, -0.2) is 23.2 Å². The third kappa shape index (κ3) is 3.04. The SMILES string of the molecule is Cn1cnnc1-c1ccc(NS(=O)(=O)c2ccc3ccccc3c2)cc1. The second-order valence-electron chi connectivity index (χ2n) is 5.96. The summed E-state index contributed by atoms with van der Waals surface area (Å²) in [4.78, 5) is 0.230. The summed E-state index contributed by atoms with van der Waals surface area (Å²) >= 11 is 0. The van der Waals surface area contributed by atoms with Gasteiger partial charge in [0.15, 0.2) is 5.82 Å². The molecule has 4 rings (SSSR count). The van der Waals surface area contributed by atoms with Crippen molar-refractivity contribution < 1.29 is 8.42 Å². The maximum Gasteiger partial charge on any atom is 0.261 e. The Kier molecular flexibility index (Phi) is 3.93. The van der Waals surface area contributed by atoms with E-state index in [1.807, 2.05) is 43.4 Å². The van der Waals surface area contributed by atoms with Crippen LogP contribution in [0.4, 0.5) is 5.69 Å². The molecule has 26 heavy (non-hydrogen) atoms. The van der Waals surface area contributed by atoms with Crippen LogP contribution in [0.15, 0.2) is 78.0 Å². The van der Waals surface area contributed by atoms with Crippen LogP contribution in [-0.2, 0) is 17.1 Å². The minimum Gasteiger partial charge on any atom is -0.317 e. The second-order valence-corrected chi connectivity index (χ2v) is 7.64. The first-order valence-electron chi connectivity index (χ1n) is 7.99. The van der Waals surface area contributed by atoms with Crippen LogP contribution in [0.5, 0.6) is 0 Å². The molecule has 0 saturated carbocycles. The van der Waals surface area contributed by atoms with Crippen molar-refractivity contribution in [2.24, 2.45) is 7.05 Å². The van der Waals surface area contributed by atoms with Gasteiger partial charge in [-0.05, 0) is 47.2 Å². The van der Waals surface area contributed by atoms with E-state index in [4.69, 9.17) is 0 Å². The number of anilines is 1. The van der Waals surface area contributed by atoms with E-state index in [0.717, 1.165) is 16.3 Å². The van der Waals surface area contributed by atoms with Gasteiger partial charge in [-0.1, -0.05) is 30.3 Å². The molecule has 1 N–H and O–H groups in total. The molecule has 130 valence electrons. The van der Waals surface area contributed by atoms with Crippen LogP contribution in [0, 0.1) is 0 Å². The Labute approximate surface area is 151 Å². The molecule has 6 nitrogen and oxygen atoms in total. The number of hydrogen-bond donors (Lipinski definition) is 1. The van der Waals surface area contributed by atoms with Gasteiger partial charge in [0.25, 0.3) is 10.0 Å². The highest BCUT2D eigenvalue weighted by molar-refractivity contribution is 7.92. The number of fused-ring (bicyclic) bond motifs is 1. The van der Waals surface area contributed by atoms with Gasteiger partial charge in [-0.3, -0.25) is 4.72 Å². The van der Waals surface area contributed by atoms with Crippen LogP contribution in [0.1, 0.15) is 0 Å². The summed E-state index contributed by atoms with van der Waals surface area (Å²) in [5.74, 6) is 0.717. The summed E-state index contributed by atoms with van der Waals surface area (Å²) in [7, 11) is -1.81. The molecular weight excluding hydrogens is 348 g/mol. The number of sulfonamides is 1. The molecule has 0 fully saturated rings. The lowest BCUT2D eigenvalue weighted by molar-refractivity contribution is 0.601. The largest absolute Gasteiger partial charge is 0.317 e. The summed E-state index contributed by atoms with van der Waals surface area (Å²) in [6.45, 7) is 0. The number of benzene rings is 3. The van der Waals surface area contributed by atoms with Gasteiger partial charge in [-0.15, -0.1) is 10.2 Å². The monoisotopic (exact) mass is 364 g/mol. The first-order chi connectivity index (χ1) is 12.5. The molecule has 0 aliphatic carbocycles. The van der Waals surface area contributed by atoms with Gasteiger partial charge in [0.05, 0.1) is 4.90 Å². The summed E-state index contributed by atoms with van der Waals surface area (Å²) in [5.41, 5.74) is 1.35. The molecular formula is C19H16N4O2S. The smallest absolute Gasteiger partial charge is 0.261 e. The fourth-order valence-corrected chi connectivity index (χ4v) is 3.87. The zero-order chi connectivity index (χ0) is 18.1.